The SMILES string of the molecule is C[Si](C)(C)OCc1cccc2c1C(CO[Si](C)(C)C)c1ccccc1-2. The molecule has 25 heavy (non-hydrogen) atoms. The van der Waals surface area contributed by atoms with Crippen molar-refractivity contribution in [3.05, 3.63) is 59.2 Å². The Balaban J connectivity index is 2.00. The normalized spacial score (nSPS) is 16.6. The first-order chi connectivity index (χ1) is 11.7. The molecule has 1 unspecified atom stereocenters. The van der Waals surface area contributed by atoms with Crippen molar-refractivity contribution in [2.75, 3.05) is 6.61 Å². The maximum absolute atomic E-state index is 6.33. The summed E-state index contributed by atoms with van der Waals surface area (Å²) in [5.74, 6) is 0.319. The highest BCUT2D eigenvalue weighted by atomic mass is 28.4. The number of hydrogen-bond donors (Lipinski definition) is 0. The summed E-state index contributed by atoms with van der Waals surface area (Å²) in [6.07, 6.45) is 0. The van der Waals surface area contributed by atoms with Crippen LogP contribution in [0.15, 0.2) is 42.5 Å². The van der Waals surface area contributed by atoms with Crippen molar-refractivity contribution < 1.29 is 8.85 Å². The van der Waals surface area contributed by atoms with Crippen LogP contribution >= 0.6 is 0 Å². The monoisotopic (exact) mass is 370 g/mol. The van der Waals surface area contributed by atoms with E-state index < -0.39 is 16.6 Å². The zero-order valence-electron chi connectivity index (χ0n) is 16.3. The molecule has 2 aromatic rings. The molecule has 0 amide bonds. The Labute approximate surface area is 154 Å². The molecule has 0 saturated carbocycles. The van der Waals surface area contributed by atoms with Gasteiger partial charge in [-0.25, -0.2) is 0 Å². The summed E-state index contributed by atoms with van der Waals surface area (Å²) in [6.45, 7) is 15.0. The highest BCUT2D eigenvalue weighted by molar-refractivity contribution is 6.70. The smallest absolute Gasteiger partial charge is 0.184 e. The first-order valence-corrected chi connectivity index (χ1v) is 16.0. The van der Waals surface area contributed by atoms with Crippen molar-refractivity contribution in [3.8, 4) is 11.1 Å². The summed E-state index contributed by atoms with van der Waals surface area (Å²) in [4.78, 5) is 0. The van der Waals surface area contributed by atoms with Crippen LogP contribution in [-0.4, -0.2) is 23.2 Å². The fourth-order valence-electron chi connectivity index (χ4n) is 3.39. The van der Waals surface area contributed by atoms with Crippen molar-refractivity contribution in [1.29, 1.82) is 0 Å². The van der Waals surface area contributed by atoms with Crippen molar-refractivity contribution in [3.63, 3.8) is 0 Å². The van der Waals surface area contributed by atoms with Gasteiger partial charge in [0.15, 0.2) is 16.6 Å². The van der Waals surface area contributed by atoms with E-state index in [2.05, 4.69) is 81.7 Å². The molecule has 0 bridgehead atoms. The van der Waals surface area contributed by atoms with Gasteiger partial charge in [0.1, 0.15) is 0 Å². The number of hydrogen-bond acceptors (Lipinski definition) is 2. The van der Waals surface area contributed by atoms with Crippen LogP contribution < -0.4 is 0 Å². The molecule has 1 atom stereocenters. The van der Waals surface area contributed by atoms with Gasteiger partial charge in [0, 0.05) is 12.5 Å². The minimum Gasteiger partial charge on any atom is -0.417 e. The molecule has 4 heteroatoms. The van der Waals surface area contributed by atoms with Crippen LogP contribution in [0.25, 0.3) is 11.1 Å². The third-order valence-corrected chi connectivity index (χ3v) is 6.56. The molecule has 0 fully saturated rings. The molecular weight excluding hydrogens is 340 g/mol. The number of fused-ring (bicyclic) bond motifs is 3. The Kier molecular flexibility index (Phi) is 5.08. The van der Waals surface area contributed by atoms with E-state index in [1.165, 1.54) is 27.8 Å². The lowest BCUT2D eigenvalue weighted by Crippen LogP contribution is -2.28. The van der Waals surface area contributed by atoms with Gasteiger partial charge in [-0.3, -0.25) is 0 Å². The van der Waals surface area contributed by atoms with Crippen LogP contribution in [0.3, 0.4) is 0 Å². The predicted molar refractivity (Wildman–Crippen MR) is 111 cm³/mol. The van der Waals surface area contributed by atoms with Crippen LogP contribution in [0.5, 0.6) is 0 Å². The molecule has 0 spiro atoms. The largest absolute Gasteiger partial charge is 0.417 e. The van der Waals surface area contributed by atoms with E-state index in [0.29, 0.717) is 12.5 Å². The van der Waals surface area contributed by atoms with Crippen LogP contribution in [0.2, 0.25) is 39.3 Å². The Morgan fingerprint density at radius 2 is 1.40 bits per heavy atom. The maximum atomic E-state index is 6.33. The highest BCUT2D eigenvalue weighted by Crippen LogP contribution is 2.46. The summed E-state index contributed by atoms with van der Waals surface area (Å²) in [7, 11) is -3.10. The molecule has 1 aliphatic rings. The summed E-state index contributed by atoms with van der Waals surface area (Å²) in [5, 5.41) is 0. The molecule has 134 valence electrons. The van der Waals surface area contributed by atoms with E-state index in [-0.39, 0.29) is 0 Å². The molecule has 0 N–H and O–H groups in total. The van der Waals surface area contributed by atoms with Crippen LogP contribution in [0, 0.1) is 0 Å². The maximum Gasteiger partial charge on any atom is 0.184 e. The summed E-state index contributed by atoms with van der Waals surface area (Å²) < 4.78 is 12.6. The molecule has 0 heterocycles. The topological polar surface area (TPSA) is 18.5 Å². The Morgan fingerprint density at radius 1 is 0.760 bits per heavy atom. The van der Waals surface area contributed by atoms with Gasteiger partial charge in [-0.15, -0.1) is 0 Å². The number of rotatable bonds is 6. The fraction of sp³-hybridized carbons (Fsp3) is 0.429. The van der Waals surface area contributed by atoms with Gasteiger partial charge in [-0.1, -0.05) is 42.5 Å². The van der Waals surface area contributed by atoms with Gasteiger partial charge in [-0.2, -0.15) is 0 Å². The van der Waals surface area contributed by atoms with Gasteiger partial charge in [0.25, 0.3) is 0 Å². The summed E-state index contributed by atoms with van der Waals surface area (Å²) in [5.41, 5.74) is 6.85. The molecule has 2 nitrogen and oxygen atoms in total. The average molecular weight is 371 g/mol. The Morgan fingerprint density at radius 3 is 2.08 bits per heavy atom. The zero-order valence-corrected chi connectivity index (χ0v) is 18.3. The van der Waals surface area contributed by atoms with E-state index in [0.717, 1.165) is 6.61 Å². The molecule has 1 aliphatic carbocycles. The van der Waals surface area contributed by atoms with Gasteiger partial charge >= 0.3 is 0 Å². The second-order valence-electron chi connectivity index (χ2n) is 8.84. The molecule has 2 aromatic carbocycles. The van der Waals surface area contributed by atoms with Crippen molar-refractivity contribution >= 4 is 16.6 Å². The molecule has 0 aromatic heterocycles. The van der Waals surface area contributed by atoms with E-state index >= 15 is 0 Å². The van der Waals surface area contributed by atoms with Crippen molar-refractivity contribution in [2.45, 2.75) is 51.8 Å². The van der Waals surface area contributed by atoms with Gasteiger partial charge in [-0.05, 0) is 67.1 Å². The van der Waals surface area contributed by atoms with Crippen LogP contribution in [0.4, 0.5) is 0 Å². The molecule has 0 radical (unpaired) electrons. The quantitative estimate of drug-likeness (QED) is 0.580. The predicted octanol–water partition coefficient (Wildman–Crippen LogP) is 6.00. The van der Waals surface area contributed by atoms with E-state index in [9.17, 15) is 0 Å². The van der Waals surface area contributed by atoms with Crippen LogP contribution in [-0.2, 0) is 15.5 Å². The minimum absolute atomic E-state index is 0.319. The standard InChI is InChI=1S/C21H30O2Si2/c1-24(2,3)22-14-16-10-9-13-19-17-11-7-8-12-18(17)20(21(16)19)15-23-25(4,5)6/h7-13,20H,14-15H2,1-6H3. The van der Waals surface area contributed by atoms with E-state index in [4.69, 9.17) is 8.85 Å². The average Bonchev–Trinajstić information content (AvgIpc) is 2.84. The second kappa shape index (κ2) is 6.84. The first-order valence-electron chi connectivity index (χ1n) is 9.15. The second-order valence-corrected chi connectivity index (χ2v) is 17.9. The zero-order chi connectivity index (χ0) is 18.2. The lowest BCUT2D eigenvalue weighted by molar-refractivity contribution is 0.286. The highest BCUT2D eigenvalue weighted by Gasteiger charge is 2.32. The first kappa shape index (κ1) is 18.6. The van der Waals surface area contributed by atoms with Crippen molar-refractivity contribution in [2.24, 2.45) is 0 Å². The van der Waals surface area contributed by atoms with Crippen molar-refractivity contribution in [1.82, 2.24) is 0 Å². The number of benzene rings is 2. The van der Waals surface area contributed by atoms with E-state index in [1.54, 1.807) is 0 Å². The molecule has 3 rings (SSSR count). The third kappa shape index (κ3) is 4.31. The van der Waals surface area contributed by atoms with Gasteiger partial charge in [0.2, 0.25) is 0 Å². The van der Waals surface area contributed by atoms with Gasteiger partial charge < -0.3 is 8.85 Å². The van der Waals surface area contributed by atoms with E-state index in [1.807, 2.05) is 0 Å². The Bertz CT molecular complexity index is 757. The summed E-state index contributed by atoms with van der Waals surface area (Å²) >= 11 is 0. The van der Waals surface area contributed by atoms with Gasteiger partial charge in [0.05, 0.1) is 6.61 Å². The lowest BCUT2D eigenvalue weighted by Gasteiger charge is -2.24. The van der Waals surface area contributed by atoms with Crippen LogP contribution in [0.1, 0.15) is 22.6 Å². The lowest BCUT2D eigenvalue weighted by atomic mass is 9.94. The molecular formula is C21H30O2Si2. The minimum atomic E-state index is -1.56. The molecule has 0 aliphatic heterocycles. The molecule has 0 saturated heterocycles. The summed E-state index contributed by atoms with van der Waals surface area (Å²) in [6, 6.07) is 15.4. The third-order valence-electron chi connectivity index (χ3n) is 4.51. The fourth-order valence-corrected chi connectivity index (χ4v) is 4.64. The Hall–Kier alpha value is -1.21.